The maximum atomic E-state index is 12.4. The van der Waals surface area contributed by atoms with E-state index in [1.807, 2.05) is 13.8 Å². The van der Waals surface area contributed by atoms with Crippen LogP contribution in [-0.4, -0.2) is 25.4 Å². The minimum absolute atomic E-state index is 0.153. The molecule has 0 unspecified atom stereocenters. The Hall–Kier alpha value is -1.95. The van der Waals surface area contributed by atoms with Gasteiger partial charge in [-0.25, -0.2) is 22.7 Å². The van der Waals surface area contributed by atoms with Crippen molar-refractivity contribution in [3.05, 3.63) is 47.8 Å². The van der Waals surface area contributed by atoms with Gasteiger partial charge in [-0.15, -0.1) is 0 Å². The summed E-state index contributed by atoms with van der Waals surface area (Å²) in [5.74, 6) is 0.153. The largest absolute Gasteiger partial charge is 0.266 e. The summed E-state index contributed by atoms with van der Waals surface area (Å²) >= 11 is 0. The van der Waals surface area contributed by atoms with Gasteiger partial charge >= 0.3 is 0 Å². The van der Waals surface area contributed by atoms with Gasteiger partial charge in [-0.05, 0) is 43.2 Å². The minimum atomic E-state index is -3.62. The number of aryl methyl sites for hydroxylation is 2. The highest BCUT2D eigenvalue weighted by Crippen LogP contribution is 2.20. The summed E-state index contributed by atoms with van der Waals surface area (Å²) in [5, 5.41) is 0. The van der Waals surface area contributed by atoms with Crippen LogP contribution in [0.5, 0.6) is 0 Å². The Labute approximate surface area is 113 Å². The van der Waals surface area contributed by atoms with Crippen LogP contribution in [0.4, 0.5) is 5.95 Å². The fourth-order valence-corrected chi connectivity index (χ4v) is 2.79. The Bertz CT molecular complexity index is 684. The van der Waals surface area contributed by atoms with Gasteiger partial charge in [0, 0.05) is 19.4 Å². The fourth-order valence-electron chi connectivity index (χ4n) is 1.59. The normalized spacial score (nSPS) is 11.3. The minimum Gasteiger partial charge on any atom is -0.237 e. The number of aromatic nitrogens is 2. The molecule has 1 aromatic heterocycles. The average Bonchev–Trinajstić information content (AvgIpc) is 2.41. The summed E-state index contributed by atoms with van der Waals surface area (Å²) in [6.45, 7) is 3.82. The third-order valence-electron chi connectivity index (χ3n) is 2.97. The Kier molecular flexibility index (Phi) is 3.53. The van der Waals surface area contributed by atoms with Crippen molar-refractivity contribution >= 4 is 16.0 Å². The monoisotopic (exact) mass is 277 g/mol. The van der Waals surface area contributed by atoms with E-state index in [0.29, 0.717) is 0 Å². The molecule has 2 rings (SSSR count). The van der Waals surface area contributed by atoms with Gasteiger partial charge < -0.3 is 0 Å². The molecule has 0 aliphatic rings. The van der Waals surface area contributed by atoms with E-state index in [0.717, 1.165) is 15.4 Å². The summed E-state index contributed by atoms with van der Waals surface area (Å²) in [4.78, 5) is 8.13. The molecule has 5 nitrogen and oxygen atoms in total. The van der Waals surface area contributed by atoms with Gasteiger partial charge in [0.05, 0.1) is 4.90 Å². The van der Waals surface area contributed by atoms with E-state index >= 15 is 0 Å². The van der Waals surface area contributed by atoms with Crippen LogP contribution in [0.2, 0.25) is 0 Å². The van der Waals surface area contributed by atoms with Crippen molar-refractivity contribution in [1.29, 1.82) is 0 Å². The van der Waals surface area contributed by atoms with Gasteiger partial charge in [-0.1, -0.05) is 6.07 Å². The molecule has 0 aliphatic carbocycles. The molecular formula is C13H15N3O2S. The first-order valence-corrected chi connectivity index (χ1v) is 7.20. The number of hydrogen-bond acceptors (Lipinski definition) is 4. The number of rotatable bonds is 3. The lowest BCUT2D eigenvalue weighted by Crippen LogP contribution is -2.28. The first-order chi connectivity index (χ1) is 8.93. The Morgan fingerprint density at radius 3 is 2.26 bits per heavy atom. The van der Waals surface area contributed by atoms with Crippen molar-refractivity contribution in [2.45, 2.75) is 18.7 Å². The number of benzene rings is 1. The third-order valence-corrected chi connectivity index (χ3v) is 4.70. The topological polar surface area (TPSA) is 63.2 Å². The van der Waals surface area contributed by atoms with E-state index in [4.69, 9.17) is 0 Å². The molecule has 0 N–H and O–H groups in total. The van der Waals surface area contributed by atoms with Crippen LogP contribution >= 0.6 is 0 Å². The van der Waals surface area contributed by atoms with Gasteiger partial charge in [0.25, 0.3) is 10.0 Å². The average molecular weight is 277 g/mol. The van der Waals surface area contributed by atoms with Crippen LogP contribution in [0.1, 0.15) is 11.1 Å². The molecule has 0 bridgehead atoms. The second-order valence-electron chi connectivity index (χ2n) is 4.27. The highest BCUT2D eigenvalue weighted by molar-refractivity contribution is 7.92. The quantitative estimate of drug-likeness (QED) is 0.860. The van der Waals surface area contributed by atoms with Crippen molar-refractivity contribution in [1.82, 2.24) is 9.97 Å². The molecule has 0 aliphatic heterocycles. The van der Waals surface area contributed by atoms with Crippen LogP contribution < -0.4 is 4.31 Å². The van der Waals surface area contributed by atoms with Crippen molar-refractivity contribution in [2.75, 3.05) is 11.4 Å². The van der Waals surface area contributed by atoms with Crippen LogP contribution in [0, 0.1) is 13.8 Å². The molecule has 1 aromatic carbocycles. The van der Waals surface area contributed by atoms with E-state index in [1.165, 1.54) is 19.4 Å². The summed E-state index contributed by atoms with van der Waals surface area (Å²) in [5.41, 5.74) is 1.99. The molecule has 2 aromatic rings. The molecule has 1 heterocycles. The molecule has 0 saturated carbocycles. The Morgan fingerprint density at radius 1 is 1.05 bits per heavy atom. The lowest BCUT2D eigenvalue weighted by Gasteiger charge is -2.17. The number of nitrogens with zero attached hydrogens (tertiary/aromatic N) is 3. The SMILES string of the molecule is Cc1ccc(S(=O)(=O)N(C)c2ncccn2)cc1C. The van der Waals surface area contributed by atoms with Crippen molar-refractivity contribution < 1.29 is 8.42 Å². The molecule has 6 heteroatoms. The summed E-state index contributed by atoms with van der Waals surface area (Å²) < 4.78 is 26.0. The lowest BCUT2D eigenvalue weighted by molar-refractivity contribution is 0.593. The smallest absolute Gasteiger partial charge is 0.237 e. The second kappa shape index (κ2) is 4.97. The first kappa shape index (κ1) is 13.5. The molecule has 100 valence electrons. The Balaban J connectivity index is 2.45. The van der Waals surface area contributed by atoms with Crippen LogP contribution in [0.25, 0.3) is 0 Å². The molecule has 0 amide bonds. The highest BCUT2D eigenvalue weighted by Gasteiger charge is 2.23. The summed E-state index contributed by atoms with van der Waals surface area (Å²) in [7, 11) is -2.18. The van der Waals surface area contributed by atoms with Crippen LogP contribution in [-0.2, 0) is 10.0 Å². The van der Waals surface area contributed by atoms with Gasteiger partial charge in [0.15, 0.2) is 0 Å². The van der Waals surface area contributed by atoms with E-state index < -0.39 is 10.0 Å². The van der Waals surface area contributed by atoms with Crippen LogP contribution in [0.15, 0.2) is 41.6 Å². The molecule has 0 fully saturated rings. The maximum Gasteiger partial charge on any atom is 0.266 e. The van der Waals surface area contributed by atoms with E-state index in [-0.39, 0.29) is 10.8 Å². The van der Waals surface area contributed by atoms with E-state index in [2.05, 4.69) is 9.97 Å². The molecule has 0 atom stereocenters. The van der Waals surface area contributed by atoms with Gasteiger partial charge in [0.2, 0.25) is 5.95 Å². The van der Waals surface area contributed by atoms with Crippen molar-refractivity contribution in [3.8, 4) is 0 Å². The predicted molar refractivity (Wildman–Crippen MR) is 73.5 cm³/mol. The van der Waals surface area contributed by atoms with Gasteiger partial charge in [-0.3, -0.25) is 0 Å². The molecule has 0 radical (unpaired) electrons. The van der Waals surface area contributed by atoms with Gasteiger partial charge in [0.1, 0.15) is 0 Å². The van der Waals surface area contributed by atoms with Crippen molar-refractivity contribution in [2.24, 2.45) is 0 Å². The lowest BCUT2D eigenvalue weighted by atomic mass is 10.1. The first-order valence-electron chi connectivity index (χ1n) is 5.76. The fraction of sp³-hybridized carbons (Fsp3) is 0.231. The number of sulfonamides is 1. The summed E-state index contributed by atoms with van der Waals surface area (Å²) in [6.07, 6.45) is 3.02. The van der Waals surface area contributed by atoms with Crippen molar-refractivity contribution in [3.63, 3.8) is 0 Å². The number of anilines is 1. The standard InChI is InChI=1S/C13H15N3O2S/c1-10-5-6-12(9-11(10)2)19(17,18)16(3)13-14-7-4-8-15-13/h4-9H,1-3H3. The van der Waals surface area contributed by atoms with Crippen LogP contribution in [0.3, 0.4) is 0 Å². The van der Waals surface area contributed by atoms with E-state index in [9.17, 15) is 8.42 Å². The zero-order chi connectivity index (χ0) is 14.0. The number of hydrogen-bond donors (Lipinski definition) is 0. The zero-order valence-corrected chi connectivity index (χ0v) is 11.8. The van der Waals surface area contributed by atoms with Gasteiger partial charge in [-0.2, -0.15) is 0 Å². The highest BCUT2D eigenvalue weighted by atomic mass is 32.2. The molecule has 0 spiro atoms. The molecule has 19 heavy (non-hydrogen) atoms. The van der Waals surface area contributed by atoms with E-state index in [1.54, 1.807) is 24.3 Å². The Morgan fingerprint density at radius 2 is 1.68 bits per heavy atom. The third kappa shape index (κ3) is 2.58. The summed E-state index contributed by atoms with van der Waals surface area (Å²) in [6, 6.07) is 6.68. The molecule has 0 saturated heterocycles. The maximum absolute atomic E-state index is 12.4. The molecular weight excluding hydrogens is 262 g/mol. The zero-order valence-electron chi connectivity index (χ0n) is 11.0. The predicted octanol–water partition coefficient (Wildman–Crippen LogP) is 1.92. The second-order valence-corrected chi connectivity index (χ2v) is 6.24.